The maximum absolute atomic E-state index is 6.60. The van der Waals surface area contributed by atoms with Crippen molar-refractivity contribution >= 4 is 23.6 Å². The molecule has 1 aromatic rings. The fraction of sp³-hybridized carbons (Fsp3) is 0.571. The van der Waals surface area contributed by atoms with Gasteiger partial charge in [-0.25, -0.2) is 0 Å². The molecule has 1 rings (SSSR count). The highest BCUT2D eigenvalue weighted by atomic mass is 35.6. The summed E-state index contributed by atoms with van der Waals surface area (Å²) in [5, 5.41) is 1.09. The second-order valence-corrected chi connectivity index (χ2v) is 12.3. The summed E-state index contributed by atoms with van der Waals surface area (Å²) in [6.07, 6.45) is 0. The maximum atomic E-state index is 6.60. The first-order chi connectivity index (χ1) is 8.11. The summed E-state index contributed by atoms with van der Waals surface area (Å²) in [6.45, 7) is 10.7. The Hall–Kier alpha value is -0.673. The smallest absolute Gasteiger partial charge is 0.185 e. The molecule has 0 unspecified atom stereocenters. The van der Waals surface area contributed by atoms with Gasteiger partial charge in [0.25, 0.3) is 0 Å². The lowest BCUT2D eigenvalue weighted by atomic mass is 9.86. The van der Waals surface area contributed by atoms with Gasteiger partial charge in [0.1, 0.15) is 11.5 Å². The monoisotopic (exact) mass is 286 g/mol. The van der Waals surface area contributed by atoms with E-state index in [9.17, 15) is 0 Å². The van der Waals surface area contributed by atoms with Gasteiger partial charge in [-0.05, 0) is 17.5 Å². The molecule has 0 atom stereocenters. The van der Waals surface area contributed by atoms with Crippen LogP contribution in [0.2, 0.25) is 13.1 Å². The van der Waals surface area contributed by atoms with Crippen LogP contribution in [0.5, 0.6) is 11.5 Å². The Kier molecular flexibility index (Phi) is 4.39. The van der Waals surface area contributed by atoms with Crippen LogP contribution < -0.4 is 14.7 Å². The number of hydrogen-bond donors (Lipinski definition) is 0. The summed E-state index contributed by atoms with van der Waals surface area (Å²) in [4.78, 5) is 0. The molecule has 2 nitrogen and oxygen atoms in total. The number of methoxy groups -OCH3 is 2. The van der Waals surface area contributed by atoms with Crippen molar-refractivity contribution in [2.45, 2.75) is 39.3 Å². The van der Waals surface area contributed by atoms with Crippen LogP contribution in [-0.4, -0.2) is 21.6 Å². The van der Waals surface area contributed by atoms with Crippen LogP contribution in [0.15, 0.2) is 12.1 Å². The molecular formula is C14H23ClO2Si. The molecule has 0 aliphatic carbocycles. The second-order valence-electron chi connectivity index (χ2n) is 5.98. The number of rotatable bonds is 3. The summed E-state index contributed by atoms with van der Waals surface area (Å²) in [6, 6.07) is 4.05. The van der Waals surface area contributed by atoms with E-state index in [4.69, 9.17) is 20.6 Å². The highest BCUT2D eigenvalue weighted by Crippen LogP contribution is 2.35. The van der Waals surface area contributed by atoms with Gasteiger partial charge in [0, 0.05) is 10.8 Å². The molecule has 0 N–H and O–H groups in total. The number of benzene rings is 1. The Bertz CT molecular complexity index is 395. The average Bonchev–Trinajstić information content (AvgIpc) is 2.24. The van der Waals surface area contributed by atoms with Crippen molar-refractivity contribution in [3.05, 3.63) is 17.7 Å². The Balaban J connectivity index is 3.61. The van der Waals surface area contributed by atoms with E-state index in [1.807, 2.05) is 12.1 Å². The lowest BCUT2D eigenvalue weighted by molar-refractivity contribution is 0.391. The molecule has 4 heteroatoms. The topological polar surface area (TPSA) is 18.5 Å². The van der Waals surface area contributed by atoms with Gasteiger partial charge in [0.2, 0.25) is 0 Å². The summed E-state index contributed by atoms with van der Waals surface area (Å²) in [7, 11) is 1.40. The lowest BCUT2D eigenvalue weighted by Gasteiger charge is -2.27. The molecule has 102 valence electrons. The maximum Gasteiger partial charge on any atom is 0.185 e. The summed E-state index contributed by atoms with van der Waals surface area (Å²) in [5.74, 6) is 1.76. The van der Waals surface area contributed by atoms with Gasteiger partial charge in [0.15, 0.2) is 7.38 Å². The zero-order chi connectivity index (χ0) is 14.1. The van der Waals surface area contributed by atoms with Gasteiger partial charge in [-0.2, -0.15) is 11.1 Å². The molecule has 0 bridgehead atoms. The predicted molar refractivity (Wildman–Crippen MR) is 81.2 cm³/mol. The Morgan fingerprint density at radius 1 is 1.06 bits per heavy atom. The summed E-state index contributed by atoms with van der Waals surface area (Å²) < 4.78 is 11.0. The van der Waals surface area contributed by atoms with Crippen LogP contribution in [0.4, 0.5) is 0 Å². The van der Waals surface area contributed by atoms with Crippen molar-refractivity contribution in [3.63, 3.8) is 0 Å². The summed E-state index contributed by atoms with van der Waals surface area (Å²) in [5.41, 5.74) is 1.13. The molecule has 1 aromatic carbocycles. The van der Waals surface area contributed by atoms with Gasteiger partial charge in [-0.1, -0.05) is 33.9 Å². The van der Waals surface area contributed by atoms with Crippen LogP contribution in [0.1, 0.15) is 26.3 Å². The number of hydrogen-bond acceptors (Lipinski definition) is 2. The fourth-order valence-electron chi connectivity index (χ4n) is 1.94. The van der Waals surface area contributed by atoms with E-state index in [0.717, 1.165) is 22.2 Å². The Morgan fingerprint density at radius 2 is 1.61 bits per heavy atom. The van der Waals surface area contributed by atoms with E-state index in [-0.39, 0.29) is 5.41 Å². The van der Waals surface area contributed by atoms with Crippen LogP contribution in [0.3, 0.4) is 0 Å². The molecule has 0 heterocycles. The number of ether oxygens (including phenoxy) is 2. The van der Waals surface area contributed by atoms with Crippen LogP contribution >= 0.6 is 11.1 Å². The molecule has 0 fully saturated rings. The summed E-state index contributed by atoms with van der Waals surface area (Å²) >= 11 is 6.60. The SMILES string of the molecule is COc1cc(C(C)(C)C)c(OC)c([Si](C)(C)Cl)c1. The van der Waals surface area contributed by atoms with Gasteiger partial charge in [-0.15, -0.1) is 0 Å². The largest absolute Gasteiger partial charge is 0.497 e. The van der Waals surface area contributed by atoms with Crippen molar-refractivity contribution in [2.24, 2.45) is 0 Å². The standard InChI is InChI=1S/C14H23ClO2Si/c1-14(2,3)11-8-10(16-4)9-12(13(11)17-5)18(6,7)15/h8-9H,1-7H3. The lowest BCUT2D eigenvalue weighted by Crippen LogP contribution is -2.37. The van der Waals surface area contributed by atoms with Crippen LogP contribution in [0.25, 0.3) is 0 Å². The molecule has 0 aliphatic heterocycles. The van der Waals surface area contributed by atoms with E-state index in [1.165, 1.54) is 0 Å². The third-order valence-electron chi connectivity index (χ3n) is 2.95. The van der Waals surface area contributed by atoms with Crippen molar-refractivity contribution in [2.75, 3.05) is 14.2 Å². The first-order valence-electron chi connectivity index (χ1n) is 6.07. The van der Waals surface area contributed by atoms with E-state index < -0.39 is 7.38 Å². The van der Waals surface area contributed by atoms with E-state index >= 15 is 0 Å². The first kappa shape index (κ1) is 15.4. The minimum atomic E-state index is -1.99. The van der Waals surface area contributed by atoms with Crippen molar-refractivity contribution in [3.8, 4) is 11.5 Å². The molecule has 0 radical (unpaired) electrons. The second kappa shape index (κ2) is 5.14. The minimum absolute atomic E-state index is 0.00876. The zero-order valence-electron chi connectivity index (χ0n) is 12.3. The normalized spacial score (nSPS) is 12.4. The van der Waals surface area contributed by atoms with Crippen LogP contribution in [0, 0.1) is 0 Å². The highest BCUT2D eigenvalue weighted by molar-refractivity contribution is 7.26. The molecule has 0 aromatic heterocycles. The molecule has 0 saturated carbocycles. The van der Waals surface area contributed by atoms with E-state index in [0.29, 0.717) is 0 Å². The minimum Gasteiger partial charge on any atom is -0.497 e. The molecule has 18 heavy (non-hydrogen) atoms. The van der Waals surface area contributed by atoms with Gasteiger partial charge < -0.3 is 9.47 Å². The van der Waals surface area contributed by atoms with Gasteiger partial charge in [0.05, 0.1) is 14.2 Å². The fourth-order valence-corrected chi connectivity index (χ4v) is 3.62. The molecule has 0 spiro atoms. The Morgan fingerprint density at radius 3 is 1.94 bits per heavy atom. The third kappa shape index (κ3) is 3.21. The molecular weight excluding hydrogens is 264 g/mol. The number of halogens is 1. The van der Waals surface area contributed by atoms with Crippen LogP contribution in [-0.2, 0) is 5.41 Å². The highest BCUT2D eigenvalue weighted by Gasteiger charge is 2.30. The average molecular weight is 287 g/mol. The van der Waals surface area contributed by atoms with Gasteiger partial charge in [-0.3, -0.25) is 0 Å². The van der Waals surface area contributed by atoms with E-state index in [1.54, 1.807) is 14.2 Å². The molecule has 0 amide bonds. The van der Waals surface area contributed by atoms with E-state index in [2.05, 4.69) is 33.9 Å². The molecule has 0 saturated heterocycles. The van der Waals surface area contributed by atoms with Crippen molar-refractivity contribution in [1.82, 2.24) is 0 Å². The quantitative estimate of drug-likeness (QED) is 0.624. The first-order valence-corrected chi connectivity index (χ1v) is 10.1. The van der Waals surface area contributed by atoms with Crippen molar-refractivity contribution < 1.29 is 9.47 Å². The van der Waals surface area contributed by atoms with Gasteiger partial charge >= 0.3 is 0 Å². The predicted octanol–water partition coefficient (Wildman–Crippen LogP) is 3.65. The Labute approximate surface area is 116 Å². The van der Waals surface area contributed by atoms with Crippen molar-refractivity contribution in [1.29, 1.82) is 0 Å². The zero-order valence-corrected chi connectivity index (χ0v) is 14.1. The third-order valence-corrected chi connectivity index (χ3v) is 5.21. The molecule has 0 aliphatic rings.